The van der Waals surface area contributed by atoms with Crippen LogP contribution < -0.4 is 5.32 Å². The third kappa shape index (κ3) is 4.01. The molecule has 2 nitrogen and oxygen atoms in total. The Morgan fingerprint density at radius 2 is 2.00 bits per heavy atom. The fraction of sp³-hybridized carbons (Fsp3) is 0.600. The van der Waals surface area contributed by atoms with Crippen LogP contribution in [0.3, 0.4) is 0 Å². The van der Waals surface area contributed by atoms with Crippen LogP contribution in [0.2, 0.25) is 0 Å². The van der Waals surface area contributed by atoms with Crippen molar-refractivity contribution in [1.29, 1.82) is 0 Å². The average Bonchev–Trinajstić information content (AvgIpc) is 2.81. The lowest BCUT2D eigenvalue weighted by molar-refractivity contribution is 0.282. The van der Waals surface area contributed by atoms with Gasteiger partial charge in [-0.05, 0) is 31.0 Å². The van der Waals surface area contributed by atoms with Crippen molar-refractivity contribution >= 4 is 11.8 Å². The predicted molar refractivity (Wildman–Crippen MR) is 78.3 cm³/mol. The number of aliphatic hydroxyl groups excluding tert-OH is 1. The van der Waals surface area contributed by atoms with E-state index in [1.165, 1.54) is 29.1 Å². The van der Waals surface area contributed by atoms with Crippen molar-refractivity contribution < 1.29 is 5.11 Å². The standard InChI is InChI=1S/C15H23NOS/c17-10-6-2-1-5-9-16-11-13-12-18-15-8-4-3-7-14(13)15/h3-4,7-8,13,16-17H,1-2,5-6,9-12H2. The van der Waals surface area contributed by atoms with Gasteiger partial charge >= 0.3 is 0 Å². The molecule has 0 saturated carbocycles. The summed E-state index contributed by atoms with van der Waals surface area (Å²) in [5.74, 6) is 1.90. The van der Waals surface area contributed by atoms with Gasteiger partial charge in [-0.2, -0.15) is 0 Å². The van der Waals surface area contributed by atoms with E-state index in [2.05, 4.69) is 29.6 Å². The summed E-state index contributed by atoms with van der Waals surface area (Å²) >= 11 is 1.98. The fourth-order valence-electron chi connectivity index (χ4n) is 2.39. The molecule has 0 spiro atoms. The van der Waals surface area contributed by atoms with Crippen molar-refractivity contribution in [2.24, 2.45) is 0 Å². The van der Waals surface area contributed by atoms with Crippen molar-refractivity contribution in [1.82, 2.24) is 5.32 Å². The Bertz CT molecular complexity index is 356. The van der Waals surface area contributed by atoms with Crippen molar-refractivity contribution in [3.05, 3.63) is 29.8 Å². The van der Waals surface area contributed by atoms with Crippen LogP contribution in [0, 0.1) is 0 Å². The SMILES string of the molecule is OCCCCCCNCC1CSc2ccccc21. The molecule has 0 aliphatic carbocycles. The minimum absolute atomic E-state index is 0.337. The van der Waals surface area contributed by atoms with Gasteiger partial charge in [0.15, 0.2) is 0 Å². The van der Waals surface area contributed by atoms with Gasteiger partial charge in [0.25, 0.3) is 0 Å². The van der Waals surface area contributed by atoms with E-state index in [4.69, 9.17) is 5.11 Å². The van der Waals surface area contributed by atoms with Gasteiger partial charge in [-0.3, -0.25) is 0 Å². The van der Waals surface area contributed by atoms with E-state index in [-0.39, 0.29) is 0 Å². The Hall–Kier alpha value is -0.510. The number of unbranched alkanes of at least 4 members (excludes halogenated alkanes) is 3. The summed E-state index contributed by atoms with van der Waals surface area (Å²) in [5, 5.41) is 12.3. The molecule has 18 heavy (non-hydrogen) atoms. The molecule has 0 radical (unpaired) electrons. The van der Waals surface area contributed by atoms with E-state index in [0.717, 1.165) is 25.9 Å². The number of aliphatic hydroxyl groups is 1. The molecule has 1 atom stereocenters. The largest absolute Gasteiger partial charge is 0.396 e. The van der Waals surface area contributed by atoms with Crippen molar-refractivity contribution in [2.75, 3.05) is 25.4 Å². The first kappa shape index (κ1) is 13.9. The second kappa shape index (κ2) is 7.82. The molecule has 1 unspecified atom stereocenters. The lowest BCUT2D eigenvalue weighted by atomic mass is 10.0. The zero-order chi connectivity index (χ0) is 12.6. The highest BCUT2D eigenvalue weighted by molar-refractivity contribution is 7.99. The number of fused-ring (bicyclic) bond motifs is 1. The molecule has 1 aromatic rings. The van der Waals surface area contributed by atoms with Crippen molar-refractivity contribution in [3.8, 4) is 0 Å². The van der Waals surface area contributed by atoms with Crippen LogP contribution in [0.15, 0.2) is 29.2 Å². The van der Waals surface area contributed by atoms with E-state index in [9.17, 15) is 0 Å². The smallest absolute Gasteiger partial charge is 0.0431 e. The quantitative estimate of drug-likeness (QED) is 0.709. The van der Waals surface area contributed by atoms with Crippen LogP contribution in [-0.2, 0) is 0 Å². The van der Waals surface area contributed by atoms with Crippen LogP contribution in [0.5, 0.6) is 0 Å². The summed E-state index contributed by atoms with van der Waals surface area (Å²) in [5.41, 5.74) is 1.52. The highest BCUT2D eigenvalue weighted by Gasteiger charge is 2.21. The molecule has 1 aromatic carbocycles. The molecule has 0 aromatic heterocycles. The Labute approximate surface area is 114 Å². The van der Waals surface area contributed by atoms with Crippen LogP contribution in [-0.4, -0.2) is 30.6 Å². The number of hydrogen-bond acceptors (Lipinski definition) is 3. The van der Waals surface area contributed by atoms with Gasteiger partial charge in [-0.15, -0.1) is 11.8 Å². The third-order valence-corrected chi connectivity index (χ3v) is 4.70. The highest BCUT2D eigenvalue weighted by Crippen LogP contribution is 2.38. The first-order valence-corrected chi connectivity index (χ1v) is 7.93. The zero-order valence-corrected chi connectivity index (χ0v) is 11.7. The fourth-order valence-corrected chi connectivity index (χ4v) is 3.64. The topological polar surface area (TPSA) is 32.3 Å². The van der Waals surface area contributed by atoms with Crippen LogP contribution in [0.4, 0.5) is 0 Å². The third-order valence-electron chi connectivity index (χ3n) is 3.45. The summed E-state index contributed by atoms with van der Waals surface area (Å²) in [4.78, 5) is 1.47. The number of rotatable bonds is 8. The Morgan fingerprint density at radius 3 is 2.89 bits per heavy atom. The number of hydrogen-bond donors (Lipinski definition) is 2. The summed E-state index contributed by atoms with van der Waals surface area (Å²) < 4.78 is 0. The predicted octanol–water partition coefficient (Wildman–Crippen LogP) is 3.02. The second-order valence-electron chi connectivity index (χ2n) is 4.89. The molecule has 0 amide bonds. The number of thioether (sulfide) groups is 1. The molecular weight excluding hydrogens is 242 g/mol. The van der Waals surface area contributed by atoms with Gasteiger partial charge < -0.3 is 10.4 Å². The van der Waals surface area contributed by atoms with Crippen LogP contribution in [0.1, 0.15) is 37.2 Å². The summed E-state index contributed by atoms with van der Waals surface area (Å²) in [6.45, 7) is 2.54. The van der Waals surface area contributed by atoms with Crippen LogP contribution >= 0.6 is 11.8 Å². The van der Waals surface area contributed by atoms with Gasteiger partial charge in [0.1, 0.15) is 0 Å². The molecule has 1 aliphatic rings. The maximum Gasteiger partial charge on any atom is 0.0431 e. The maximum absolute atomic E-state index is 8.69. The molecular formula is C15H23NOS. The molecule has 3 heteroatoms. The summed E-state index contributed by atoms with van der Waals surface area (Å²) in [7, 11) is 0. The molecule has 1 heterocycles. The van der Waals surface area contributed by atoms with Crippen molar-refractivity contribution in [3.63, 3.8) is 0 Å². The minimum Gasteiger partial charge on any atom is -0.396 e. The summed E-state index contributed by atoms with van der Waals surface area (Å²) in [6, 6.07) is 8.77. The zero-order valence-electron chi connectivity index (χ0n) is 10.9. The Morgan fingerprint density at radius 1 is 1.17 bits per heavy atom. The lowest BCUT2D eigenvalue weighted by Gasteiger charge is -2.11. The maximum atomic E-state index is 8.69. The van der Waals surface area contributed by atoms with E-state index in [1.54, 1.807) is 0 Å². The molecule has 0 saturated heterocycles. The monoisotopic (exact) mass is 265 g/mol. The van der Waals surface area contributed by atoms with E-state index in [0.29, 0.717) is 12.5 Å². The van der Waals surface area contributed by atoms with E-state index >= 15 is 0 Å². The van der Waals surface area contributed by atoms with Gasteiger partial charge in [0.2, 0.25) is 0 Å². The highest BCUT2D eigenvalue weighted by atomic mass is 32.2. The number of benzene rings is 1. The Kier molecular flexibility index (Phi) is 6.05. The Balaban J connectivity index is 1.61. The van der Waals surface area contributed by atoms with Gasteiger partial charge in [0, 0.05) is 29.7 Å². The molecule has 1 aliphatic heterocycles. The second-order valence-corrected chi connectivity index (χ2v) is 5.95. The van der Waals surface area contributed by atoms with E-state index in [1.807, 2.05) is 11.8 Å². The molecule has 0 bridgehead atoms. The number of nitrogens with one attached hydrogen (secondary N) is 1. The van der Waals surface area contributed by atoms with Gasteiger partial charge in [-0.25, -0.2) is 0 Å². The summed E-state index contributed by atoms with van der Waals surface area (Å²) in [6.07, 6.45) is 4.55. The van der Waals surface area contributed by atoms with E-state index < -0.39 is 0 Å². The van der Waals surface area contributed by atoms with Gasteiger partial charge in [-0.1, -0.05) is 31.0 Å². The van der Waals surface area contributed by atoms with Crippen molar-refractivity contribution in [2.45, 2.75) is 36.5 Å². The van der Waals surface area contributed by atoms with Gasteiger partial charge in [0.05, 0.1) is 0 Å². The molecule has 100 valence electrons. The first-order valence-electron chi connectivity index (χ1n) is 6.95. The molecule has 2 rings (SSSR count). The molecule has 2 N–H and O–H groups in total. The minimum atomic E-state index is 0.337. The lowest BCUT2D eigenvalue weighted by Crippen LogP contribution is -2.22. The first-order chi connectivity index (χ1) is 8.92. The van der Waals surface area contributed by atoms with Crippen LogP contribution in [0.25, 0.3) is 0 Å². The average molecular weight is 265 g/mol. The molecule has 0 fully saturated rings. The normalized spacial score (nSPS) is 17.9.